The van der Waals surface area contributed by atoms with E-state index in [4.69, 9.17) is 11.6 Å². The molecule has 2 aromatic carbocycles. The highest BCUT2D eigenvalue weighted by atomic mass is 35.5. The van der Waals surface area contributed by atoms with Crippen molar-refractivity contribution in [3.8, 4) is 0 Å². The lowest BCUT2D eigenvalue weighted by Gasteiger charge is -2.33. The number of halogens is 2. The molecule has 1 aliphatic rings. The van der Waals surface area contributed by atoms with Crippen LogP contribution in [0.2, 0.25) is 5.02 Å². The van der Waals surface area contributed by atoms with E-state index >= 15 is 0 Å². The van der Waals surface area contributed by atoms with Crippen LogP contribution in [0.5, 0.6) is 0 Å². The van der Waals surface area contributed by atoms with Gasteiger partial charge in [-0.3, -0.25) is 14.6 Å². The number of benzene rings is 2. The summed E-state index contributed by atoms with van der Waals surface area (Å²) in [6.45, 7) is 4.59. The molecule has 0 unspecified atom stereocenters. The van der Waals surface area contributed by atoms with Crippen molar-refractivity contribution in [2.45, 2.75) is 0 Å². The number of carbonyl (C=O) groups excluding carboxylic acids is 1. The van der Waals surface area contributed by atoms with Gasteiger partial charge in [0.25, 0.3) is 0 Å². The molecule has 1 saturated heterocycles. The Bertz CT molecular complexity index is 789. The molecule has 0 aromatic heterocycles. The molecule has 3 rings (SSSR count). The lowest BCUT2D eigenvalue weighted by atomic mass is 10.2. The third-order valence-corrected chi connectivity index (χ3v) is 4.75. The lowest BCUT2D eigenvalue weighted by Crippen LogP contribution is -2.48. The molecule has 0 aliphatic carbocycles. The van der Waals surface area contributed by atoms with Crippen molar-refractivity contribution in [1.29, 1.82) is 0 Å². The van der Waals surface area contributed by atoms with Gasteiger partial charge in [-0.15, -0.1) is 0 Å². The van der Waals surface area contributed by atoms with Crippen LogP contribution >= 0.6 is 11.6 Å². The molecule has 0 atom stereocenters. The van der Waals surface area contributed by atoms with Gasteiger partial charge in [0.2, 0.25) is 5.91 Å². The lowest BCUT2D eigenvalue weighted by molar-refractivity contribution is -0.117. The van der Waals surface area contributed by atoms with Crippen LogP contribution in [0, 0.1) is 5.82 Å². The average molecular weight is 388 g/mol. The van der Waals surface area contributed by atoms with Gasteiger partial charge in [0, 0.05) is 37.7 Å². The molecule has 1 heterocycles. The van der Waals surface area contributed by atoms with Gasteiger partial charge in [0.15, 0.2) is 0 Å². The molecule has 6 heteroatoms. The van der Waals surface area contributed by atoms with Gasteiger partial charge in [-0.1, -0.05) is 54.1 Å². The number of nitrogens with zero attached hydrogens (tertiary/aromatic N) is 2. The number of hydrogen-bond acceptors (Lipinski definition) is 3. The fourth-order valence-electron chi connectivity index (χ4n) is 3.02. The van der Waals surface area contributed by atoms with E-state index in [1.54, 1.807) is 6.07 Å². The smallest absolute Gasteiger partial charge is 0.238 e. The predicted octanol–water partition coefficient (Wildman–Crippen LogP) is 3.75. The zero-order valence-corrected chi connectivity index (χ0v) is 15.8. The van der Waals surface area contributed by atoms with E-state index in [0.717, 1.165) is 32.7 Å². The number of hydrogen-bond donors (Lipinski definition) is 1. The first-order valence-corrected chi connectivity index (χ1v) is 9.39. The van der Waals surface area contributed by atoms with Crippen molar-refractivity contribution in [1.82, 2.24) is 9.80 Å². The van der Waals surface area contributed by atoms with Crippen molar-refractivity contribution in [2.24, 2.45) is 0 Å². The summed E-state index contributed by atoms with van der Waals surface area (Å²) in [6, 6.07) is 14.5. The van der Waals surface area contributed by atoms with Gasteiger partial charge in [0.05, 0.1) is 12.2 Å². The van der Waals surface area contributed by atoms with E-state index in [1.165, 1.54) is 17.7 Å². The summed E-state index contributed by atoms with van der Waals surface area (Å²) in [5, 5.41) is 2.92. The standard InChI is InChI=1S/C21H23ClFN3O/c22-18-8-9-20(19(23)15-18)24-21(27)16-26-13-11-25(12-14-26)10-4-7-17-5-2-1-3-6-17/h1-9,15H,10-14,16H2,(H,24,27)/b7-4+. The Morgan fingerprint density at radius 2 is 1.78 bits per heavy atom. The molecular formula is C21H23ClFN3O. The van der Waals surface area contributed by atoms with Crippen LogP contribution in [0.4, 0.5) is 10.1 Å². The minimum Gasteiger partial charge on any atom is -0.322 e. The Morgan fingerprint density at radius 3 is 2.48 bits per heavy atom. The summed E-state index contributed by atoms with van der Waals surface area (Å²) in [4.78, 5) is 16.6. The molecule has 4 nitrogen and oxygen atoms in total. The molecule has 27 heavy (non-hydrogen) atoms. The van der Waals surface area contributed by atoms with Crippen molar-refractivity contribution in [2.75, 3.05) is 44.6 Å². The minimum absolute atomic E-state index is 0.161. The van der Waals surface area contributed by atoms with Crippen LogP contribution in [0.1, 0.15) is 5.56 Å². The molecule has 1 aliphatic heterocycles. The summed E-state index contributed by atoms with van der Waals surface area (Å²) in [5.74, 6) is -0.737. The highest BCUT2D eigenvalue weighted by Crippen LogP contribution is 2.18. The molecule has 1 fully saturated rings. The van der Waals surface area contributed by atoms with Gasteiger partial charge in [-0.25, -0.2) is 4.39 Å². The van der Waals surface area contributed by atoms with Crippen molar-refractivity contribution < 1.29 is 9.18 Å². The number of anilines is 1. The molecule has 1 N–H and O–H groups in total. The topological polar surface area (TPSA) is 35.6 Å². The maximum absolute atomic E-state index is 13.8. The number of nitrogens with one attached hydrogen (secondary N) is 1. The van der Waals surface area contributed by atoms with Gasteiger partial charge < -0.3 is 5.32 Å². The second-order valence-corrected chi connectivity index (χ2v) is 7.00. The monoisotopic (exact) mass is 387 g/mol. The summed E-state index contributed by atoms with van der Waals surface area (Å²) >= 11 is 5.72. The largest absolute Gasteiger partial charge is 0.322 e. The van der Waals surface area contributed by atoms with Crippen LogP contribution < -0.4 is 5.32 Å². The first-order valence-electron chi connectivity index (χ1n) is 9.01. The second-order valence-electron chi connectivity index (χ2n) is 6.56. The molecule has 0 radical (unpaired) electrons. The quantitative estimate of drug-likeness (QED) is 0.820. The third kappa shape index (κ3) is 6.17. The van der Waals surface area contributed by atoms with Gasteiger partial charge in [0.1, 0.15) is 5.82 Å². The van der Waals surface area contributed by atoms with E-state index in [1.807, 2.05) is 18.2 Å². The number of rotatable bonds is 6. The SMILES string of the molecule is O=C(CN1CCN(C/C=C/c2ccccc2)CC1)Nc1ccc(Cl)cc1F. The van der Waals surface area contributed by atoms with Crippen LogP contribution in [0.25, 0.3) is 6.08 Å². The van der Waals surface area contributed by atoms with Crippen LogP contribution in [-0.4, -0.2) is 55.0 Å². The maximum Gasteiger partial charge on any atom is 0.238 e. The maximum atomic E-state index is 13.8. The molecule has 0 spiro atoms. The van der Waals surface area contributed by atoms with E-state index in [2.05, 4.69) is 39.4 Å². The molecule has 0 saturated carbocycles. The molecule has 2 aromatic rings. The summed E-state index contributed by atoms with van der Waals surface area (Å²) in [6.07, 6.45) is 4.29. The summed E-state index contributed by atoms with van der Waals surface area (Å²) < 4.78 is 13.8. The molecular weight excluding hydrogens is 365 g/mol. The van der Waals surface area contributed by atoms with Crippen LogP contribution in [-0.2, 0) is 4.79 Å². The fourth-order valence-corrected chi connectivity index (χ4v) is 3.17. The zero-order chi connectivity index (χ0) is 19.1. The Morgan fingerprint density at radius 1 is 1.07 bits per heavy atom. The summed E-state index contributed by atoms with van der Waals surface area (Å²) in [5.41, 5.74) is 1.36. The zero-order valence-electron chi connectivity index (χ0n) is 15.1. The van der Waals surface area contributed by atoms with Gasteiger partial charge >= 0.3 is 0 Å². The van der Waals surface area contributed by atoms with Crippen molar-refractivity contribution in [3.05, 3.63) is 71.0 Å². The van der Waals surface area contributed by atoms with Crippen molar-refractivity contribution >= 4 is 29.3 Å². The van der Waals surface area contributed by atoms with Crippen molar-refractivity contribution in [3.63, 3.8) is 0 Å². The Kier molecular flexibility index (Phi) is 6.98. The Hall–Kier alpha value is -2.21. The fraction of sp³-hybridized carbons (Fsp3) is 0.286. The van der Waals surface area contributed by atoms with E-state index < -0.39 is 5.82 Å². The Labute approximate surface area is 164 Å². The molecule has 0 bridgehead atoms. The van der Waals surface area contributed by atoms with Crippen LogP contribution in [0.3, 0.4) is 0 Å². The van der Waals surface area contributed by atoms with Crippen LogP contribution in [0.15, 0.2) is 54.6 Å². The third-order valence-electron chi connectivity index (χ3n) is 4.51. The second kappa shape index (κ2) is 9.65. The first-order chi connectivity index (χ1) is 13.1. The van der Waals surface area contributed by atoms with E-state index in [-0.39, 0.29) is 18.1 Å². The number of piperazine rings is 1. The van der Waals surface area contributed by atoms with E-state index in [0.29, 0.717) is 5.02 Å². The molecule has 142 valence electrons. The molecule has 1 amide bonds. The minimum atomic E-state index is -0.522. The van der Waals surface area contributed by atoms with E-state index in [9.17, 15) is 9.18 Å². The van der Waals surface area contributed by atoms with Gasteiger partial charge in [-0.05, 0) is 23.8 Å². The normalized spacial score (nSPS) is 15.9. The number of carbonyl (C=O) groups is 1. The predicted molar refractivity (Wildman–Crippen MR) is 108 cm³/mol. The first kappa shape index (κ1) is 19.5. The van der Waals surface area contributed by atoms with Gasteiger partial charge in [-0.2, -0.15) is 0 Å². The summed E-state index contributed by atoms with van der Waals surface area (Å²) in [7, 11) is 0. The average Bonchev–Trinajstić information content (AvgIpc) is 2.66. The highest BCUT2D eigenvalue weighted by molar-refractivity contribution is 6.30. The Balaban J connectivity index is 1.40. The highest BCUT2D eigenvalue weighted by Gasteiger charge is 2.18. The number of amides is 1.